The van der Waals surface area contributed by atoms with Crippen LogP contribution in [0.1, 0.15) is 18.1 Å². The third kappa shape index (κ3) is 4.00. The van der Waals surface area contributed by atoms with Gasteiger partial charge in [-0.2, -0.15) is 0 Å². The van der Waals surface area contributed by atoms with Gasteiger partial charge in [0.1, 0.15) is 6.33 Å². The van der Waals surface area contributed by atoms with E-state index in [0.717, 1.165) is 34.3 Å². The van der Waals surface area contributed by atoms with Crippen LogP contribution in [0.5, 0.6) is 0 Å². The van der Waals surface area contributed by atoms with Crippen LogP contribution in [-0.4, -0.2) is 31.4 Å². The van der Waals surface area contributed by atoms with Crippen molar-refractivity contribution in [2.45, 2.75) is 25.4 Å². The Morgan fingerprint density at radius 3 is 2.86 bits per heavy atom. The van der Waals surface area contributed by atoms with Gasteiger partial charge >= 0.3 is 0 Å². The Labute approximate surface area is 173 Å². The van der Waals surface area contributed by atoms with Gasteiger partial charge in [0, 0.05) is 11.6 Å². The summed E-state index contributed by atoms with van der Waals surface area (Å²) in [5, 5.41) is 12.9. The molecule has 2 aromatic heterocycles. The van der Waals surface area contributed by atoms with Gasteiger partial charge in [-0.1, -0.05) is 43.0 Å². The van der Waals surface area contributed by atoms with Crippen LogP contribution in [0, 0.1) is 6.92 Å². The zero-order valence-electron chi connectivity index (χ0n) is 16.3. The minimum atomic E-state index is -0.0951. The number of carbonyl (C=O) groups is 1. The standard InChI is InChI=1S/C22H21N5OS/c1-3-16-7-4-5-9-19(16)27-14-24-26-22(27)29-13-20(28)25-18-11-10-15(2)21-17(18)8-6-12-23-21/h4-12,14H,3,13H2,1-2H3,(H,25,28). The second-order valence-electron chi connectivity index (χ2n) is 6.63. The van der Waals surface area contributed by atoms with E-state index in [1.54, 1.807) is 12.5 Å². The van der Waals surface area contributed by atoms with E-state index < -0.39 is 0 Å². The topological polar surface area (TPSA) is 72.7 Å². The number of aryl methyl sites for hydroxylation is 2. The molecule has 0 saturated heterocycles. The van der Waals surface area contributed by atoms with Crippen LogP contribution in [-0.2, 0) is 11.2 Å². The minimum Gasteiger partial charge on any atom is -0.325 e. The van der Waals surface area contributed by atoms with E-state index in [1.807, 2.05) is 54.0 Å². The Hall–Kier alpha value is -3.19. The van der Waals surface area contributed by atoms with Crippen LogP contribution in [0.4, 0.5) is 5.69 Å². The number of fused-ring (bicyclic) bond motifs is 1. The summed E-state index contributed by atoms with van der Waals surface area (Å²) < 4.78 is 1.93. The number of aromatic nitrogens is 4. The smallest absolute Gasteiger partial charge is 0.234 e. The predicted octanol–water partition coefficient (Wildman–Crippen LogP) is 4.42. The van der Waals surface area contributed by atoms with Crippen molar-refractivity contribution < 1.29 is 4.79 Å². The molecule has 146 valence electrons. The van der Waals surface area contributed by atoms with Gasteiger partial charge in [0.05, 0.1) is 22.6 Å². The van der Waals surface area contributed by atoms with Gasteiger partial charge in [0.25, 0.3) is 0 Å². The van der Waals surface area contributed by atoms with Crippen molar-refractivity contribution in [1.82, 2.24) is 19.7 Å². The molecule has 4 aromatic rings. The largest absolute Gasteiger partial charge is 0.325 e. The van der Waals surface area contributed by atoms with E-state index in [4.69, 9.17) is 0 Å². The van der Waals surface area contributed by atoms with Gasteiger partial charge in [-0.3, -0.25) is 14.3 Å². The summed E-state index contributed by atoms with van der Waals surface area (Å²) in [4.78, 5) is 17.0. The highest BCUT2D eigenvalue weighted by molar-refractivity contribution is 7.99. The molecule has 4 rings (SSSR count). The molecule has 0 fully saturated rings. The number of pyridine rings is 1. The van der Waals surface area contributed by atoms with E-state index in [9.17, 15) is 4.79 Å². The molecule has 2 aromatic carbocycles. The normalized spacial score (nSPS) is 11.0. The molecule has 0 bridgehead atoms. The number of anilines is 1. The van der Waals surface area contributed by atoms with Crippen molar-refractivity contribution >= 4 is 34.3 Å². The maximum absolute atomic E-state index is 12.6. The summed E-state index contributed by atoms with van der Waals surface area (Å²) in [5.41, 5.74) is 4.99. The van der Waals surface area contributed by atoms with Gasteiger partial charge < -0.3 is 5.32 Å². The lowest BCUT2D eigenvalue weighted by atomic mass is 10.1. The van der Waals surface area contributed by atoms with Gasteiger partial charge in [0.15, 0.2) is 5.16 Å². The number of para-hydroxylation sites is 1. The first-order chi connectivity index (χ1) is 14.2. The predicted molar refractivity (Wildman–Crippen MR) is 117 cm³/mol. The maximum Gasteiger partial charge on any atom is 0.234 e. The summed E-state index contributed by atoms with van der Waals surface area (Å²) in [6.07, 6.45) is 4.36. The van der Waals surface area contributed by atoms with E-state index in [0.29, 0.717) is 5.16 Å². The fourth-order valence-electron chi connectivity index (χ4n) is 3.27. The average molecular weight is 404 g/mol. The Kier molecular flexibility index (Phi) is 5.57. The van der Waals surface area contributed by atoms with Crippen LogP contribution in [0.15, 0.2) is 66.2 Å². The number of nitrogens with one attached hydrogen (secondary N) is 1. The molecule has 1 N–H and O–H groups in total. The van der Waals surface area contributed by atoms with E-state index in [-0.39, 0.29) is 11.7 Å². The summed E-state index contributed by atoms with van der Waals surface area (Å²) in [6.45, 7) is 4.13. The lowest BCUT2D eigenvalue weighted by Gasteiger charge is -2.11. The fraction of sp³-hybridized carbons (Fsp3) is 0.182. The van der Waals surface area contributed by atoms with Crippen LogP contribution in [0.2, 0.25) is 0 Å². The molecule has 1 amide bonds. The lowest BCUT2D eigenvalue weighted by Crippen LogP contribution is -2.15. The number of benzene rings is 2. The molecule has 0 aliphatic heterocycles. The van der Waals surface area contributed by atoms with Crippen molar-refractivity contribution in [3.63, 3.8) is 0 Å². The third-order valence-corrected chi connectivity index (χ3v) is 5.67. The Bertz CT molecular complexity index is 1170. The zero-order valence-corrected chi connectivity index (χ0v) is 17.1. The summed E-state index contributed by atoms with van der Waals surface area (Å²) in [5.74, 6) is 0.144. The minimum absolute atomic E-state index is 0.0951. The SMILES string of the molecule is CCc1ccccc1-n1cnnc1SCC(=O)Nc1ccc(C)c2ncccc12. The molecule has 0 atom stereocenters. The molecule has 0 spiro atoms. The van der Waals surface area contributed by atoms with Gasteiger partial charge in [-0.25, -0.2) is 0 Å². The van der Waals surface area contributed by atoms with Crippen molar-refractivity contribution in [3.8, 4) is 5.69 Å². The zero-order chi connectivity index (χ0) is 20.2. The van der Waals surface area contributed by atoms with E-state index >= 15 is 0 Å². The summed E-state index contributed by atoms with van der Waals surface area (Å²) >= 11 is 1.37. The first kappa shape index (κ1) is 19.1. The molecule has 29 heavy (non-hydrogen) atoms. The number of nitrogens with zero attached hydrogens (tertiary/aromatic N) is 4. The summed E-state index contributed by atoms with van der Waals surface area (Å²) in [6, 6.07) is 15.9. The van der Waals surface area contributed by atoms with E-state index in [2.05, 4.69) is 33.5 Å². The van der Waals surface area contributed by atoms with Crippen molar-refractivity contribution in [1.29, 1.82) is 0 Å². The number of amides is 1. The molecular weight excluding hydrogens is 382 g/mol. The number of hydrogen-bond donors (Lipinski definition) is 1. The number of carbonyl (C=O) groups excluding carboxylic acids is 1. The fourth-order valence-corrected chi connectivity index (χ4v) is 3.99. The first-order valence-electron chi connectivity index (χ1n) is 9.42. The van der Waals surface area contributed by atoms with Crippen LogP contribution >= 0.6 is 11.8 Å². The highest BCUT2D eigenvalue weighted by atomic mass is 32.2. The molecule has 7 heteroatoms. The molecule has 0 unspecified atom stereocenters. The number of thioether (sulfide) groups is 1. The van der Waals surface area contributed by atoms with Crippen LogP contribution in [0.25, 0.3) is 16.6 Å². The Balaban J connectivity index is 1.50. The third-order valence-electron chi connectivity index (χ3n) is 4.73. The van der Waals surface area contributed by atoms with Gasteiger partial charge in [0.2, 0.25) is 5.91 Å². The Morgan fingerprint density at radius 2 is 2.00 bits per heavy atom. The monoisotopic (exact) mass is 403 g/mol. The molecule has 2 heterocycles. The van der Waals surface area contributed by atoms with Crippen molar-refractivity contribution in [3.05, 3.63) is 72.2 Å². The second kappa shape index (κ2) is 8.45. The van der Waals surface area contributed by atoms with E-state index in [1.165, 1.54) is 17.3 Å². The quantitative estimate of drug-likeness (QED) is 0.483. The molecule has 0 aliphatic rings. The van der Waals surface area contributed by atoms with Crippen molar-refractivity contribution in [2.24, 2.45) is 0 Å². The molecule has 0 saturated carbocycles. The summed E-state index contributed by atoms with van der Waals surface area (Å²) in [7, 11) is 0. The molecule has 6 nitrogen and oxygen atoms in total. The van der Waals surface area contributed by atoms with Crippen molar-refractivity contribution in [2.75, 3.05) is 11.1 Å². The second-order valence-corrected chi connectivity index (χ2v) is 7.57. The highest BCUT2D eigenvalue weighted by Gasteiger charge is 2.13. The number of rotatable bonds is 6. The molecule has 0 aliphatic carbocycles. The molecular formula is C22H21N5OS. The van der Waals surface area contributed by atoms with Crippen LogP contribution in [0.3, 0.4) is 0 Å². The average Bonchev–Trinajstić information content (AvgIpc) is 3.23. The van der Waals surface area contributed by atoms with Crippen LogP contribution < -0.4 is 5.32 Å². The first-order valence-corrected chi connectivity index (χ1v) is 10.4. The Morgan fingerprint density at radius 1 is 1.14 bits per heavy atom. The van der Waals surface area contributed by atoms with Gasteiger partial charge in [-0.05, 0) is 48.7 Å². The highest BCUT2D eigenvalue weighted by Crippen LogP contribution is 2.26. The maximum atomic E-state index is 12.6. The number of hydrogen-bond acceptors (Lipinski definition) is 5. The van der Waals surface area contributed by atoms with Gasteiger partial charge in [-0.15, -0.1) is 10.2 Å². The lowest BCUT2D eigenvalue weighted by molar-refractivity contribution is -0.113. The molecule has 0 radical (unpaired) electrons.